The van der Waals surface area contributed by atoms with Crippen molar-refractivity contribution in [3.8, 4) is 33.6 Å². The molecule has 14 nitrogen and oxygen atoms in total. The van der Waals surface area contributed by atoms with Gasteiger partial charge in [0.2, 0.25) is 5.91 Å². The minimum atomic E-state index is -0.847. The molecule has 0 saturated carbocycles. The minimum Gasteiger partial charge on any atom is -0.453 e. The Morgan fingerprint density at radius 2 is 1.52 bits per heavy atom. The van der Waals surface area contributed by atoms with E-state index in [-0.39, 0.29) is 30.3 Å². The zero-order valence-corrected chi connectivity index (χ0v) is 35.9. The fourth-order valence-corrected chi connectivity index (χ4v) is 8.08. The fraction of sp³-hybridized carbons (Fsp3) is 0.333. The highest BCUT2D eigenvalue weighted by Crippen LogP contribution is 2.36. The van der Waals surface area contributed by atoms with E-state index in [4.69, 9.17) is 14.5 Å². The number of hydrogen-bond donors (Lipinski definition) is 4. The third kappa shape index (κ3) is 9.64. The summed E-state index contributed by atoms with van der Waals surface area (Å²) >= 11 is 0. The van der Waals surface area contributed by atoms with E-state index >= 15 is 0 Å². The van der Waals surface area contributed by atoms with Crippen molar-refractivity contribution in [1.29, 1.82) is 0 Å². The second kappa shape index (κ2) is 19.2. The molecule has 5 aromatic rings. The molecule has 0 unspecified atom stereocenters. The van der Waals surface area contributed by atoms with Crippen LogP contribution in [0.4, 0.5) is 9.59 Å². The maximum Gasteiger partial charge on any atom is 0.407 e. The maximum atomic E-state index is 14.1. The van der Waals surface area contributed by atoms with E-state index in [1.54, 1.807) is 22.2 Å². The number of carbonyl (C=O) groups is 4. The van der Waals surface area contributed by atoms with Crippen LogP contribution < -0.4 is 10.6 Å². The number of aromatic nitrogens is 4. The van der Waals surface area contributed by atoms with Gasteiger partial charge in [-0.25, -0.2) is 19.6 Å². The van der Waals surface area contributed by atoms with Crippen molar-refractivity contribution < 1.29 is 28.7 Å². The molecule has 3 heterocycles. The molecule has 62 heavy (non-hydrogen) atoms. The van der Waals surface area contributed by atoms with Crippen molar-refractivity contribution in [3.63, 3.8) is 0 Å². The number of benzene rings is 3. The van der Waals surface area contributed by atoms with Crippen LogP contribution in [0.5, 0.6) is 0 Å². The number of fused-ring (bicyclic) bond motifs is 1. The third-order valence-electron chi connectivity index (χ3n) is 11.4. The first-order valence-corrected chi connectivity index (χ1v) is 21.0. The number of carbonyl (C=O) groups excluding carboxylic acids is 4. The lowest BCUT2D eigenvalue weighted by Crippen LogP contribution is -2.51. The number of rotatable bonds is 14. The van der Waals surface area contributed by atoms with Crippen LogP contribution in [0.2, 0.25) is 0 Å². The number of ether oxygens (including phenoxy) is 2. The molecule has 3 aromatic carbocycles. The predicted molar refractivity (Wildman–Crippen MR) is 238 cm³/mol. The second-order valence-corrected chi connectivity index (χ2v) is 16.1. The van der Waals surface area contributed by atoms with E-state index in [1.165, 1.54) is 14.2 Å². The van der Waals surface area contributed by atoms with Crippen LogP contribution in [-0.4, -0.2) is 93.1 Å². The smallest absolute Gasteiger partial charge is 0.407 e. The Morgan fingerprint density at radius 1 is 0.871 bits per heavy atom. The summed E-state index contributed by atoms with van der Waals surface area (Å²) < 4.78 is 9.61. The summed E-state index contributed by atoms with van der Waals surface area (Å²) in [6.07, 6.45) is 10.9. The molecule has 4 amide bonds. The van der Waals surface area contributed by atoms with Gasteiger partial charge in [-0.2, -0.15) is 0 Å². The van der Waals surface area contributed by atoms with Crippen LogP contribution >= 0.6 is 0 Å². The Bertz CT molecular complexity index is 2520. The number of nitrogens with zero attached hydrogens (tertiary/aromatic N) is 4. The van der Waals surface area contributed by atoms with Gasteiger partial charge in [-0.3, -0.25) is 9.59 Å². The summed E-state index contributed by atoms with van der Waals surface area (Å²) in [6, 6.07) is 19.0. The highest BCUT2D eigenvalue weighted by Gasteiger charge is 2.39. The van der Waals surface area contributed by atoms with Crippen molar-refractivity contribution >= 4 is 34.8 Å². The van der Waals surface area contributed by atoms with Gasteiger partial charge in [0.15, 0.2) is 0 Å². The molecule has 0 radical (unpaired) electrons. The first-order valence-electron chi connectivity index (χ1n) is 21.0. The molecule has 0 bridgehead atoms. The lowest BCUT2D eigenvalue weighted by atomic mass is 9.96. The predicted octanol–water partition coefficient (Wildman–Crippen LogP) is 8.24. The van der Waals surface area contributed by atoms with Crippen LogP contribution in [0.3, 0.4) is 0 Å². The molecule has 2 aliphatic rings. The van der Waals surface area contributed by atoms with E-state index < -0.39 is 24.3 Å². The Labute approximate surface area is 361 Å². The van der Waals surface area contributed by atoms with Gasteiger partial charge < -0.3 is 39.9 Å². The van der Waals surface area contributed by atoms with Gasteiger partial charge in [0.25, 0.3) is 5.91 Å². The topological polar surface area (TPSA) is 175 Å². The van der Waals surface area contributed by atoms with E-state index in [1.807, 2.05) is 39.0 Å². The molecule has 1 fully saturated rings. The Kier molecular flexibility index (Phi) is 13.3. The number of H-pyrrole nitrogens is 2. The van der Waals surface area contributed by atoms with Crippen LogP contribution in [0.25, 0.3) is 44.4 Å². The molecule has 14 heteroatoms. The fourth-order valence-electron chi connectivity index (χ4n) is 8.08. The van der Waals surface area contributed by atoms with Crippen molar-refractivity contribution in [2.45, 2.75) is 71.1 Å². The number of amides is 4. The van der Waals surface area contributed by atoms with Crippen LogP contribution in [0.15, 0.2) is 109 Å². The van der Waals surface area contributed by atoms with Crippen molar-refractivity contribution in [2.75, 3.05) is 27.3 Å². The zero-order valence-electron chi connectivity index (χ0n) is 35.9. The van der Waals surface area contributed by atoms with Gasteiger partial charge in [-0.15, -0.1) is 0 Å². The average molecular weight is 839 g/mol. The summed E-state index contributed by atoms with van der Waals surface area (Å²) in [7, 11) is 2.57. The summed E-state index contributed by atoms with van der Waals surface area (Å²) in [4.78, 5) is 71.5. The minimum absolute atomic E-state index is 0.125. The number of aromatic amines is 2. The van der Waals surface area contributed by atoms with Crippen molar-refractivity contribution in [2.24, 2.45) is 5.92 Å². The van der Waals surface area contributed by atoms with Gasteiger partial charge in [0, 0.05) is 18.7 Å². The van der Waals surface area contributed by atoms with Crippen LogP contribution in [0.1, 0.15) is 64.1 Å². The highest BCUT2D eigenvalue weighted by molar-refractivity contribution is 5.91. The van der Waals surface area contributed by atoms with E-state index in [2.05, 4.69) is 92.8 Å². The standard InChI is InChI=1S/C48H54N8O6/c1-7-21-55(45(57)42(29(2)3)53-47(59)61-5)28-41-49-25-39(51-41)37-20-19-35-23-34(17-18-36(35)24-37)31-13-15-32(16-14-31)38-26-50-44(52-38)40-22-30(4)27-56(40)46(58)43(54-48(60)62-6)33-11-9-8-10-12-33/h8-9,11,13-20,23-26,29,40,42-43H,4,7,10,12,21-22,27-28H2,1-3,5-6H3,(H,49,51)(H,50,52)(H,53,59)(H,54,60)/t40-,42-,43+/m0/s1. The lowest BCUT2D eigenvalue weighted by Gasteiger charge is -2.29. The summed E-state index contributed by atoms with van der Waals surface area (Å²) in [5.41, 5.74) is 7.47. The zero-order chi connectivity index (χ0) is 43.9. The SMILES string of the molecule is C=C1C[C@@H](c2ncc(-c3ccc(-c4ccc5cc(-c6cnc(CN(CCC)C(=O)[C@@H](NC(=O)OC)C(C)C)[nH]6)ccc5c4)cc3)[nH]2)N(C(=O)[C@H](NC(=O)OC)C2=CC=CCC2)C1. The number of hydrogen-bond acceptors (Lipinski definition) is 8. The van der Waals surface area contributed by atoms with Gasteiger partial charge >= 0.3 is 12.2 Å². The Morgan fingerprint density at radius 3 is 2.19 bits per heavy atom. The number of alkyl carbamates (subject to hydrolysis) is 2. The van der Waals surface area contributed by atoms with Crippen LogP contribution in [-0.2, 0) is 25.6 Å². The molecule has 1 aliphatic carbocycles. The highest BCUT2D eigenvalue weighted by atomic mass is 16.5. The third-order valence-corrected chi connectivity index (χ3v) is 11.4. The summed E-state index contributed by atoms with van der Waals surface area (Å²) in [5.74, 6) is 0.774. The quantitative estimate of drug-likeness (QED) is 0.0810. The molecule has 322 valence electrons. The molecule has 4 N–H and O–H groups in total. The number of likely N-dealkylation sites (tertiary alicyclic amines) is 1. The molecule has 0 spiro atoms. The van der Waals surface area contributed by atoms with Gasteiger partial charge in [-0.05, 0) is 76.8 Å². The molecule has 7 rings (SSSR count). The van der Waals surface area contributed by atoms with Gasteiger partial charge in [-0.1, -0.05) is 99.7 Å². The Hall–Kier alpha value is -6.96. The van der Waals surface area contributed by atoms with Crippen molar-refractivity contribution in [1.82, 2.24) is 40.4 Å². The molecule has 1 saturated heterocycles. The number of nitrogens with one attached hydrogen (secondary N) is 4. The first-order chi connectivity index (χ1) is 30.0. The van der Waals surface area contributed by atoms with E-state index in [0.717, 1.165) is 68.4 Å². The average Bonchev–Trinajstić information content (AvgIpc) is 4.07. The molecule has 1 aliphatic heterocycles. The summed E-state index contributed by atoms with van der Waals surface area (Å²) in [6.45, 7) is 11.1. The monoisotopic (exact) mass is 838 g/mol. The van der Waals surface area contributed by atoms with Gasteiger partial charge in [0.05, 0.1) is 50.6 Å². The molecular formula is C48H54N8O6. The molecular weight excluding hydrogens is 785 g/mol. The van der Waals surface area contributed by atoms with E-state index in [9.17, 15) is 19.2 Å². The normalized spacial score (nSPS) is 15.9. The maximum absolute atomic E-state index is 14.1. The molecule has 3 atom stereocenters. The largest absolute Gasteiger partial charge is 0.453 e. The summed E-state index contributed by atoms with van der Waals surface area (Å²) in [5, 5.41) is 7.59. The lowest BCUT2D eigenvalue weighted by molar-refractivity contribution is -0.135. The second-order valence-electron chi connectivity index (χ2n) is 16.1. The first kappa shape index (κ1) is 43.1. The Balaban J connectivity index is 1.03. The number of allylic oxidation sites excluding steroid dienone is 3. The van der Waals surface area contributed by atoms with Crippen LogP contribution in [0, 0.1) is 5.92 Å². The van der Waals surface area contributed by atoms with Gasteiger partial charge in [0.1, 0.15) is 23.7 Å². The number of imidazole rings is 2. The van der Waals surface area contributed by atoms with Crippen molar-refractivity contribution in [3.05, 3.63) is 121 Å². The van der Waals surface area contributed by atoms with E-state index in [0.29, 0.717) is 37.6 Å². The molecule has 2 aromatic heterocycles. The number of methoxy groups -OCH3 is 2.